The Morgan fingerprint density at radius 1 is 1.26 bits per heavy atom. The number of carbonyl (C=O) groups is 1. The zero-order chi connectivity index (χ0) is 28.2. The maximum atomic E-state index is 14.3. The molecular formula is C25H29ClFN5O6S. The Kier molecular flexibility index (Phi) is 7.00. The number of amides is 1. The number of fused-ring (bicyclic) bond motifs is 7. The van der Waals surface area contributed by atoms with Crippen molar-refractivity contribution in [3.05, 3.63) is 44.6 Å². The highest BCUT2D eigenvalue weighted by Gasteiger charge is 2.39. The molecule has 0 radical (unpaired) electrons. The van der Waals surface area contributed by atoms with Crippen LogP contribution in [0.25, 0.3) is 10.9 Å². The lowest BCUT2D eigenvalue weighted by Crippen LogP contribution is -2.42. The fourth-order valence-corrected chi connectivity index (χ4v) is 6.63. The average Bonchev–Trinajstić information content (AvgIpc) is 3.25. The van der Waals surface area contributed by atoms with Crippen LogP contribution in [0.3, 0.4) is 0 Å². The quantitative estimate of drug-likeness (QED) is 0.457. The lowest BCUT2D eigenvalue weighted by molar-refractivity contribution is 0.0685. The Bertz CT molecular complexity index is 1650. The third-order valence-corrected chi connectivity index (χ3v) is 9.33. The van der Waals surface area contributed by atoms with Gasteiger partial charge in [-0.1, -0.05) is 11.6 Å². The molecule has 1 aromatic carbocycles. The molecule has 14 heteroatoms. The van der Waals surface area contributed by atoms with Crippen molar-refractivity contribution in [2.45, 2.75) is 39.3 Å². The van der Waals surface area contributed by atoms with Gasteiger partial charge in [0, 0.05) is 37.8 Å². The molecule has 0 saturated heterocycles. The van der Waals surface area contributed by atoms with Crippen LogP contribution in [0.2, 0.25) is 5.02 Å². The summed E-state index contributed by atoms with van der Waals surface area (Å²) in [4.78, 5) is 29.1. The summed E-state index contributed by atoms with van der Waals surface area (Å²) in [7, 11) is -1.15. The van der Waals surface area contributed by atoms with E-state index in [4.69, 9.17) is 21.1 Å². The molecule has 2 aliphatic heterocycles. The Labute approximate surface area is 229 Å². The predicted octanol–water partition coefficient (Wildman–Crippen LogP) is 3.02. The van der Waals surface area contributed by atoms with Crippen molar-refractivity contribution in [3.63, 3.8) is 0 Å². The zero-order valence-corrected chi connectivity index (χ0v) is 23.6. The molecule has 39 heavy (non-hydrogen) atoms. The number of anilines is 1. The second kappa shape index (κ2) is 10.0. The number of likely N-dealkylation sites (N-methyl/N-ethyl adjacent to an activating group) is 1. The number of hydrogen-bond acceptors (Lipinski definition) is 7. The van der Waals surface area contributed by atoms with E-state index in [1.165, 1.54) is 20.2 Å². The van der Waals surface area contributed by atoms with Gasteiger partial charge in [-0.2, -0.15) is 0 Å². The van der Waals surface area contributed by atoms with Crippen LogP contribution >= 0.6 is 11.6 Å². The summed E-state index contributed by atoms with van der Waals surface area (Å²) in [5, 5.41) is 4.37. The first-order valence-corrected chi connectivity index (χ1v) is 14.6. The summed E-state index contributed by atoms with van der Waals surface area (Å²) >= 11 is 6.06. The average molecular weight is 582 g/mol. The van der Waals surface area contributed by atoms with Crippen LogP contribution in [-0.4, -0.2) is 73.2 Å². The first-order valence-electron chi connectivity index (χ1n) is 12.6. The second-order valence-corrected chi connectivity index (χ2v) is 12.2. The van der Waals surface area contributed by atoms with Crippen LogP contribution in [0.5, 0.6) is 11.5 Å². The molecule has 1 unspecified atom stereocenters. The van der Waals surface area contributed by atoms with Crippen molar-refractivity contribution in [3.8, 4) is 11.5 Å². The van der Waals surface area contributed by atoms with Gasteiger partial charge >= 0.3 is 0 Å². The number of hydrogen-bond donors (Lipinski definition) is 0. The first kappa shape index (κ1) is 27.3. The van der Waals surface area contributed by atoms with Gasteiger partial charge in [-0.3, -0.25) is 13.9 Å². The van der Waals surface area contributed by atoms with E-state index < -0.39 is 21.4 Å². The van der Waals surface area contributed by atoms with Gasteiger partial charge in [0.1, 0.15) is 22.5 Å². The third kappa shape index (κ3) is 4.41. The van der Waals surface area contributed by atoms with E-state index in [-0.39, 0.29) is 76.2 Å². The van der Waals surface area contributed by atoms with Crippen molar-refractivity contribution in [1.82, 2.24) is 19.2 Å². The Balaban J connectivity index is 1.88. The van der Waals surface area contributed by atoms with Crippen molar-refractivity contribution < 1.29 is 27.1 Å². The number of aromatic nitrogens is 3. The van der Waals surface area contributed by atoms with E-state index in [2.05, 4.69) is 5.10 Å². The minimum atomic E-state index is -3.88. The van der Waals surface area contributed by atoms with Crippen molar-refractivity contribution in [2.24, 2.45) is 0 Å². The Morgan fingerprint density at radius 3 is 2.69 bits per heavy atom. The summed E-state index contributed by atoms with van der Waals surface area (Å²) in [6.07, 6.45) is 0.667. The number of benzene rings is 1. The molecule has 5 rings (SSSR count). The molecular weight excluding hydrogens is 553 g/mol. The van der Waals surface area contributed by atoms with E-state index >= 15 is 0 Å². The number of nitrogens with zero attached hydrogens (tertiary/aromatic N) is 5. The van der Waals surface area contributed by atoms with Crippen LogP contribution in [-0.2, 0) is 16.6 Å². The maximum Gasteiger partial charge on any atom is 0.280 e. The van der Waals surface area contributed by atoms with E-state index in [1.807, 2.05) is 13.8 Å². The third-order valence-electron chi connectivity index (χ3n) is 7.23. The van der Waals surface area contributed by atoms with Crippen LogP contribution in [0.1, 0.15) is 48.8 Å². The normalized spacial score (nSPS) is 19.4. The highest BCUT2D eigenvalue weighted by atomic mass is 35.5. The summed E-state index contributed by atoms with van der Waals surface area (Å²) in [6.45, 7) is 4.50. The summed E-state index contributed by atoms with van der Waals surface area (Å²) < 4.78 is 56.3. The fraction of sp³-hybridized carbons (Fsp3) is 0.480. The van der Waals surface area contributed by atoms with Crippen molar-refractivity contribution >= 4 is 44.3 Å². The van der Waals surface area contributed by atoms with E-state index in [0.717, 1.165) is 15.1 Å². The maximum absolute atomic E-state index is 14.3. The minimum absolute atomic E-state index is 0.0197. The molecule has 0 fully saturated rings. The van der Waals surface area contributed by atoms with Crippen LogP contribution in [0.15, 0.2) is 16.9 Å². The van der Waals surface area contributed by atoms with E-state index in [0.29, 0.717) is 25.1 Å². The highest BCUT2D eigenvalue weighted by Crippen LogP contribution is 2.41. The molecule has 2 aromatic heterocycles. The van der Waals surface area contributed by atoms with Crippen LogP contribution in [0, 0.1) is 5.82 Å². The number of halogens is 2. The van der Waals surface area contributed by atoms with Crippen LogP contribution in [0.4, 0.5) is 10.2 Å². The number of rotatable bonds is 2. The minimum Gasteiger partial charge on any atom is -0.493 e. The van der Waals surface area contributed by atoms with Gasteiger partial charge < -0.3 is 18.9 Å². The van der Waals surface area contributed by atoms with Crippen molar-refractivity contribution in [1.29, 1.82) is 0 Å². The number of ether oxygens (including phenoxy) is 2. The van der Waals surface area contributed by atoms with E-state index in [1.54, 1.807) is 9.47 Å². The predicted molar refractivity (Wildman–Crippen MR) is 144 cm³/mol. The molecule has 0 spiro atoms. The fourth-order valence-electron chi connectivity index (χ4n) is 5.21. The first-order chi connectivity index (χ1) is 18.5. The molecule has 4 heterocycles. The highest BCUT2D eigenvalue weighted by molar-refractivity contribution is 7.92. The zero-order valence-electron chi connectivity index (χ0n) is 22.0. The molecule has 0 saturated carbocycles. The number of sulfonamides is 1. The van der Waals surface area contributed by atoms with Gasteiger partial charge in [-0.25, -0.2) is 17.5 Å². The number of carbonyl (C=O) groups excluding carboxylic acids is 1. The monoisotopic (exact) mass is 581 g/mol. The molecule has 3 aromatic rings. The molecule has 0 aliphatic carbocycles. The Morgan fingerprint density at radius 2 is 2.00 bits per heavy atom. The van der Waals surface area contributed by atoms with Gasteiger partial charge in [-0.05, 0) is 32.8 Å². The van der Waals surface area contributed by atoms with E-state index in [9.17, 15) is 22.4 Å². The molecule has 0 N–H and O–H groups in total. The summed E-state index contributed by atoms with van der Waals surface area (Å²) in [6, 6.07) is 2.20. The summed E-state index contributed by atoms with van der Waals surface area (Å²) in [5.74, 6) is -1.03. The molecule has 1 atom stereocenters. The largest absolute Gasteiger partial charge is 0.493 e. The van der Waals surface area contributed by atoms with Gasteiger partial charge in [0.05, 0.1) is 31.0 Å². The van der Waals surface area contributed by atoms with Crippen LogP contribution < -0.4 is 19.3 Å². The second-order valence-electron chi connectivity index (χ2n) is 9.67. The van der Waals surface area contributed by atoms with Crippen molar-refractivity contribution in [2.75, 3.05) is 43.9 Å². The lowest BCUT2D eigenvalue weighted by atomic mass is 10.2. The topological polar surface area (TPSA) is 116 Å². The van der Waals surface area contributed by atoms with Gasteiger partial charge in [0.25, 0.3) is 11.5 Å². The molecule has 11 nitrogen and oxygen atoms in total. The van der Waals surface area contributed by atoms with Gasteiger partial charge in [0.2, 0.25) is 10.0 Å². The smallest absolute Gasteiger partial charge is 0.280 e. The lowest BCUT2D eigenvalue weighted by Gasteiger charge is -2.33. The van der Waals surface area contributed by atoms with Gasteiger partial charge in [0.15, 0.2) is 17.3 Å². The summed E-state index contributed by atoms with van der Waals surface area (Å²) in [5.41, 5.74) is 0.138. The molecule has 2 aliphatic rings. The Hall–Kier alpha value is -3.32. The number of methoxy groups -OCH3 is 1. The molecule has 1 amide bonds. The standard InChI is InChI=1S/C25H29ClFN5O6S/c1-5-30-12-14(2)32-20-19(22(37-4)21(32)25(30)34)24(33)31-13-15-10-16(26)17(27)11-18(15)38-8-6-7-9-39(35,36)29(3)23(20)28-31/h10-11,14H,5-9,12-13H2,1-4H3. The SMILES string of the molecule is CCN1CC(C)n2c(c(OC)c3c(=O)n4nc(c32)N(C)S(=O)(=O)CCCCOc2cc(F)c(Cl)cc2C4)C1=O. The van der Waals surface area contributed by atoms with Gasteiger partial charge in [-0.15, -0.1) is 5.10 Å². The molecule has 2 bridgehead atoms. The molecule has 210 valence electrons.